The third-order valence-corrected chi connectivity index (χ3v) is 4.62. The average molecular weight is 372 g/mol. The first kappa shape index (κ1) is 19.2. The summed E-state index contributed by atoms with van der Waals surface area (Å²) in [5.41, 5.74) is 1.05. The van der Waals surface area contributed by atoms with Gasteiger partial charge in [-0.3, -0.25) is 0 Å². The molecule has 4 heteroatoms. The zero-order valence-electron chi connectivity index (χ0n) is 15.0. The third kappa shape index (κ3) is 4.05. The molecular weight excluding hydrogens is 352 g/mol. The Kier molecular flexibility index (Phi) is 5.94. The number of unbranched alkanes of at least 4 members (excludes halogenated alkanes) is 2. The first-order valence-corrected chi connectivity index (χ1v) is 9.04. The second-order valence-corrected chi connectivity index (χ2v) is 6.55. The molecule has 0 heterocycles. The summed E-state index contributed by atoms with van der Waals surface area (Å²) in [5, 5.41) is 0. The minimum Gasteiger partial charge on any atom is -0.206 e. The fourth-order valence-electron chi connectivity index (χ4n) is 3.20. The van der Waals surface area contributed by atoms with Crippen LogP contribution in [0.15, 0.2) is 54.6 Å². The molecule has 0 radical (unpaired) electrons. The van der Waals surface area contributed by atoms with Crippen molar-refractivity contribution < 1.29 is 17.6 Å². The minimum atomic E-state index is -1.60. The summed E-state index contributed by atoms with van der Waals surface area (Å²) >= 11 is 0. The topological polar surface area (TPSA) is 0 Å². The van der Waals surface area contributed by atoms with E-state index in [2.05, 4.69) is 6.92 Å². The summed E-state index contributed by atoms with van der Waals surface area (Å²) in [7, 11) is 0. The standard InChI is InChI=1S/C23H20F4/c1-2-3-5-8-15-11-12-17(19(24)13-15)21-18(16-9-6-4-7-10-16)14-20(25)22(26)23(21)27/h4,6-7,9-14H,2-3,5,8H2,1H3. The van der Waals surface area contributed by atoms with Crippen LogP contribution in [0, 0.1) is 23.3 Å². The van der Waals surface area contributed by atoms with Gasteiger partial charge in [-0.2, -0.15) is 0 Å². The maximum absolute atomic E-state index is 14.8. The first-order chi connectivity index (χ1) is 13.0. The van der Waals surface area contributed by atoms with Gasteiger partial charge in [0.2, 0.25) is 0 Å². The van der Waals surface area contributed by atoms with Gasteiger partial charge < -0.3 is 0 Å². The molecule has 0 fully saturated rings. The molecule has 0 saturated heterocycles. The van der Waals surface area contributed by atoms with Crippen LogP contribution in [-0.2, 0) is 6.42 Å². The van der Waals surface area contributed by atoms with Crippen LogP contribution in [0.1, 0.15) is 31.7 Å². The van der Waals surface area contributed by atoms with E-state index in [0.717, 1.165) is 37.3 Å². The predicted octanol–water partition coefficient (Wildman–Crippen LogP) is 7.31. The average Bonchev–Trinajstić information content (AvgIpc) is 2.68. The normalized spacial score (nSPS) is 11.0. The Balaban J connectivity index is 2.12. The fourth-order valence-corrected chi connectivity index (χ4v) is 3.20. The molecule has 0 amide bonds. The van der Waals surface area contributed by atoms with Gasteiger partial charge in [0.15, 0.2) is 17.5 Å². The molecule has 3 aromatic carbocycles. The summed E-state index contributed by atoms with van der Waals surface area (Å²) in [4.78, 5) is 0. The fraction of sp³-hybridized carbons (Fsp3) is 0.217. The third-order valence-electron chi connectivity index (χ3n) is 4.62. The zero-order valence-corrected chi connectivity index (χ0v) is 15.0. The lowest BCUT2D eigenvalue weighted by Crippen LogP contribution is -2.00. The Morgan fingerprint density at radius 2 is 1.44 bits per heavy atom. The Hall–Kier alpha value is -2.62. The van der Waals surface area contributed by atoms with E-state index >= 15 is 0 Å². The highest BCUT2D eigenvalue weighted by Gasteiger charge is 2.23. The number of benzene rings is 3. The number of hydrogen-bond acceptors (Lipinski definition) is 0. The van der Waals surface area contributed by atoms with Crippen molar-refractivity contribution >= 4 is 0 Å². The second-order valence-electron chi connectivity index (χ2n) is 6.55. The predicted molar refractivity (Wildman–Crippen MR) is 100 cm³/mol. The van der Waals surface area contributed by atoms with Crippen LogP contribution in [0.4, 0.5) is 17.6 Å². The van der Waals surface area contributed by atoms with Crippen LogP contribution in [0.3, 0.4) is 0 Å². The van der Waals surface area contributed by atoms with Gasteiger partial charge in [0.1, 0.15) is 5.82 Å². The van der Waals surface area contributed by atoms with Crippen LogP contribution >= 0.6 is 0 Å². The molecule has 0 saturated carbocycles. The molecule has 140 valence electrons. The summed E-state index contributed by atoms with van der Waals surface area (Å²) < 4.78 is 57.2. The summed E-state index contributed by atoms with van der Waals surface area (Å²) in [5.74, 6) is -4.93. The van der Waals surface area contributed by atoms with Crippen LogP contribution in [0.2, 0.25) is 0 Å². The van der Waals surface area contributed by atoms with E-state index in [9.17, 15) is 17.6 Å². The van der Waals surface area contributed by atoms with Gasteiger partial charge in [0.25, 0.3) is 0 Å². The van der Waals surface area contributed by atoms with Crippen LogP contribution in [0.5, 0.6) is 0 Å². The SMILES string of the molecule is CCCCCc1ccc(-c2c(-c3ccccc3)cc(F)c(F)c2F)c(F)c1. The Morgan fingerprint density at radius 1 is 0.704 bits per heavy atom. The monoisotopic (exact) mass is 372 g/mol. The van der Waals surface area contributed by atoms with Gasteiger partial charge in [-0.15, -0.1) is 0 Å². The zero-order chi connectivity index (χ0) is 19.4. The largest absolute Gasteiger partial charge is 0.206 e. The molecule has 0 nitrogen and oxygen atoms in total. The lowest BCUT2D eigenvalue weighted by molar-refractivity contribution is 0.449. The van der Waals surface area contributed by atoms with Gasteiger partial charge in [-0.25, -0.2) is 17.6 Å². The van der Waals surface area contributed by atoms with E-state index in [1.165, 1.54) is 12.1 Å². The molecule has 0 aliphatic heterocycles. The maximum Gasteiger partial charge on any atom is 0.195 e. The van der Waals surface area contributed by atoms with Crippen molar-refractivity contribution in [2.45, 2.75) is 32.6 Å². The molecule has 3 aromatic rings. The van der Waals surface area contributed by atoms with Gasteiger partial charge in [0, 0.05) is 11.1 Å². The van der Waals surface area contributed by atoms with Gasteiger partial charge in [-0.1, -0.05) is 62.2 Å². The van der Waals surface area contributed by atoms with Crippen molar-refractivity contribution in [3.63, 3.8) is 0 Å². The number of hydrogen-bond donors (Lipinski definition) is 0. The van der Waals surface area contributed by atoms with Crippen LogP contribution in [0.25, 0.3) is 22.3 Å². The van der Waals surface area contributed by atoms with E-state index in [-0.39, 0.29) is 16.7 Å². The molecule has 0 N–H and O–H groups in total. The van der Waals surface area contributed by atoms with Crippen molar-refractivity contribution in [1.29, 1.82) is 0 Å². The van der Waals surface area contributed by atoms with Crippen molar-refractivity contribution in [1.82, 2.24) is 0 Å². The van der Waals surface area contributed by atoms with E-state index in [4.69, 9.17) is 0 Å². The molecule has 27 heavy (non-hydrogen) atoms. The quantitative estimate of drug-likeness (QED) is 0.242. The number of rotatable bonds is 6. The van der Waals surface area contributed by atoms with Crippen molar-refractivity contribution in [3.05, 3.63) is 83.4 Å². The van der Waals surface area contributed by atoms with Gasteiger partial charge in [0.05, 0.1) is 0 Å². The maximum atomic E-state index is 14.8. The van der Waals surface area contributed by atoms with Crippen LogP contribution in [-0.4, -0.2) is 0 Å². The first-order valence-electron chi connectivity index (χ1n) is 9.04. The molecule has 0 spiro atoms. The lowest BCUT2D eigenvalue weighted by atomic mass is 9.92. The van der Waals surface area contributed by atoms with E-state index in [1.54, 1.807) is 36.4 Å². The number of halogens is 4. The van der Waals surface area contributed by atoms with E-state index in [0.29, 0.717) is 5.56 Å². The lowest BCUT2D eigenvalue weighted by Gasteiger charge is -2.14. The molecule has 0 bridgehead atoms. The molecule has 0 unspecified atom stereocenters. The van der Waals surface area contributed by atoms with Crippen LogP contribution < -0.4 is 0 Å². The summed E-state index contributed by atoms with van der Waals surface area (Å²) in [6.07, 6.45) is 3.75. The molecule has 0 aliphatic carbocycles. The highest BCUT2D eigenvalue weighted by Crippen LogP contribution is 2.38. The minimum absolute atomic E-state index is 0.0792. The Bertz CT molecular complexity index is 933. The Morgan fingerprint density at radius 3 is 2.11 bits per heavy atom. The Labute approximate surface area is 156 Å². The van der Waals surface area contributed by atoms with E-state index < -0.39 is 23.3 Å². The molecule has 0 atom stereocenters. The van der Waals surface area contributed by atoms with Crippen molar-refractivity contribution in [2.24, 2.45) is 0 Å². The number of aryl methyl sites for hydroxylation is 1. The van der Waals surface area contributed by atoms with Gasteiger partial charge >= 0.3 is 0 Å². The molecule has 0 aromatic heterocycles. The molecule has 3 rings (SSSR count). The second kappa shape index (κ2) is 8.38. The smallest absolute Gasteiger partial charge is 0.195 e. The van der Waals surface area contributed by atoms with Gasteiger partial charge in [-0.05, 0) is 41.7 Å². The highest BCUT2D eigenvalue weighted by molar-refractivity contribution is 5.84. The van der Waals surface area contributed by atoms with Crippen molar-refractivity contribution in [2.75, 3.05) is 0 Å². The van der Waals surface area contributed by atoms with Crippen molar-refractivity contribution in [3.8, 4) is 22.3 Å². The van der Waals surface area contributed by atoms with E-state index in [1.807, 2.05) is 0 Å². The summed E-state index contributed by atoms with van der Waals surface area (Å²) in [6, 6.07) is 13.9. The highest BCUT2D eigenvalue weighted by atomic mass is 19.2. The molecular formula is C23H20F4. The summed E-state index contributed by atoms with van der Waals surface area (Å²) in [6.45, 7) is 2.08. The molecule has 0 aliphatic rings.